The van der Waals surface area contributed by atoms with Crippen LogP contribution >= 0.6 is 0 Å². The second kappa shape index (κ2) is 10.1. The molecule has 0 bridgehead atoms. The van der Waals surface area contributed by atoms with Gasteiger partial charge in [0.2, 0.25) is 0 Å². The van der Waals surface area contributed by atoms with E-state index in [4.69, 9.17) is 18.9 Å². The first-order valence-electron chi connectivity index (χ1n) is 11.9. The molecule has 0 aliphatic carbocycles. The third-order valence-corrected chi connectivity index (χ3v) is 6.79. The Labute approximate surface area is 200 Å². The van der Waals surface area contributed by atoms with Crippen LogP contribution in [0, 0.1) is 0 Å². The zero-order chi connectivity index (χ0) is 23.3. The van der Waals surface area contributed by atoms with Crippen LogP contribution in [0.25, 0.3) is 0 Å². The van der Waals surface area contributed by atoms with Crippen molar-refractivity contribution in [2.75, 3.05) is 13.2 Å². The molecule has 5 nitrogen and oxygen atoms in total. The van der Waals surface area contributed by atoms with Crippen LogP contribution in [0.15, 0.2) is 91.0 Å². The van der Waals surface area contributed by atoms with Gasteiger partial charge in [0.05, 0.1) is 26.4 Å². The number of esters is 1. The zero-order valence-corrected chi connectivity index (χ0v) is 19.2. The molecular weight excluding hydrogens is 428 g/mol. The SMILES string of the molecule is O=C1CC[C@@]2(C[C@@](COCc3ccccc3)(c3ccccc3)OC[C@H]2OCc2ccccc2)O1. The van der Waals surface area contributed by atoms with Gasteiger partial charge in [0, 0.05) is 19.3 Å². The maximum Gasteiger partial charge on any atom is 0.306 e. The van der Waals surface area contributed by atoms with Crippen LogP contribution in [0.3, 0.4) is 0 Å². The van der Waals surface area contributed by atoms with Crippen LogP contribution in [0.1, 0.15) is 36.0 Å². The fraction of sp³-hybridized carbons (Fsp3) is 0.345. The monoisotopic (exact) mass is 458 g/mol. The zero-order valence-electron chi connectivity index (χ0n) is 19.2. The first-order valence-corrected chi connectivity index (χ1v) is 11.9. The Kier molecular flexibility index (Phi) is 6.77. The van der Waals surface area contributed by atoms with E-state index in [-0.39, 0.29) is 12.1 Å². The molecule has 0 saturated carbocycles. The fourth-order valence-electron chi connectivity index (χ4n) is 5.01. The smallest absolute Gasteiger partial charge is 0.306 e. The van der Waals surface area contributed by atoms with Gasteiger partial charge in [-0.2, -0.15) is 0 Å². The maximum atomic E-state index is 12.3. The van der Waals surface area contributed by atoms with Crippen molar-refractivity contribution in [3.05, 3.63) is 108 Å². The maximum absolute atomic E-state index is 12.3. The first kappa shape index (κ1) is 22.8. The first-order chi connectivity index (χ1) is 16.7. The standard InChI is InChI=1S/C29H30O5/c30-27-16-17-28(34-27)21-29(25-14-8-3-9-15-25,22-31-18-23-10-4-1-5-11-23)33-20-26(28)32-19-24-12-6-2-7-13-24/h1-15,26H,16-22H2/t26-,28+,29-/m1/s1. The van der Waals surface area contributed by atoms with Gasteiger partial charge in [-0.25, -0.2) is 0 Å². The summed E-state index contributed by atoms with van der Waals surface area (Å²) in [6.45, 7) is 1.61. The van der Waals surface area contributed by atoms with Gasteiger partial charge in [0.15, 0.2) is 0 Å². The number of benzene rings is 3. The molecule has 3 aromatic carbocycles. The second-order valence-electron chi connectivity index (χ2n) is 9.15. The summed E-state index contributed by atoms with van der Waals surface area (Å²) in [4.78, 5) is 12.3. The quantitative estimate of drug-likeness (QED) is 0.436. The van der Waals surface area contributed by atoms with E-state index in [1.54, 1.807) is 0 Å². The lowest BCUT2D eigenvalue weighted by molar-refractivity contribution is -0.251. The Hall–Kier alpha value is -2.99. The number of ether oxygens (including phenoxy) is 4. The largest absolute Gasteiger partial charge is 0.456 e. The van der Waals surface area contributed by atoms with Crippen LogP contribution in [0.4, 0.5) is 0 Å². The van der Waals surface area contributed by atoms with Crippen molar-refractivity contribution >= 4 is 5.97 Å². The van der Waals surface area contributed by atoms with E-state index in [0.717, 1.165) is 16.7 Å². The molecule has 0 radical (unpaired) electrons. The van der Waals surface area contributed by atoms with Gasteiger partial charge in [-0.1, -0.05) is 91.0 Å². The van der Waals surface area contributed by atoms with Gasteiger partial charge < -0.3 is 18.9 Å². The van der Waals surface area contributed by atoms with Crippen LogP contribution in [-0.2, 0) is 42.6 Å². The van der Waals surface area contributed by atoms with Gasteiger partial charge >= 0.3 is 5.97 Å². The lowest BCUT2D eigenvalue weighted by atomic mass is 9.76. The molecule has 0 unspecified atom stereocenters. The summed E-state index contributed by atoms with van der Waals surface area (Å²) in [5.74, 6) is -0.178. The third-order valence-electron chi connectivity index (χ3n) is 6.79. The van der Waals surface area contributed by atoms with Crippen molar-refractivity contribution in [1.82, 2.24) is 0 Å². The Morgan fingerprint density at radius 2 is 1.44 bits per heavy atom. The van der Waals surface area contributed by atoms with Gasteiger partial charge in [-0.15, -0.1) is 0 Å². The van der Waals surface area contributed by atoms with Crippen molar-refractivity contribution in [3.8, 4) is 0 Å². The molecule has 2 fully saturated rings. The number of hydrogen-bond donors (Lipinski definition) is 0. The molecule has 5 heteroatoms. The molecule has 2 saturated heterocycles. The molecule has 0 N–H and O–H groups in total. The summed E-state index contributed by atoms with van der Waals surface area (Å²) in [6.07, 6.45) is 1.15. The van der Waals surface area contributed by atoms with E-state index < -0.39 is 11.2 Å². The van der Waals surface area contributed by atoms with Gasteiger partial charge in [-0.3, -0.25) is 4.79 Å². The predicted molar refractivity (Wildman–Crippen MR) is 128 cm³/mol. The molecule has 3 atom stereocenters. The average molecular weight is 459 g/mol. The van der Waals surface area contributed by atoms with Gasteiger partial charge in [0.25, 0.3) is 0 Å². The molecule has 2 heterocycles. The van der Waals surface area contributed by atoms with E-state index in [1.807, 2.05) is 78.9 Å². The highest BCUT2D eigenvalue weighted by atomic mass is 16.6. The van der Waals surface area contributed by atoms with Gasteiger partial charge in [0.1, 0.15) is 17.3 Å². The molecule has 0 amide bonds. The molecule has 1 spiro atoms. The summed E-state index contributed by atoms with van der Waals surface area (Å²) < 4.78 is 25.1. The summed E-state index contributed by atoms with van der Waals surface area (Å²) >= 11 is 0. The van der Waals surface area contributed by atoms with Crippen molar-refractivity contribution in [2.45, 2.75) is 49.8 Å². The van der Waals surface area contributed by atoms with E-state index in [1.165, 1.54) is 0 Å². The highest BCUT2D eigenvalue weighted by Gasteiger charge is 2.57. The molecule has 0 aromatic heterocycles. The fourth-order valence-corrected chi connectivity index (χ4v) is 5.01. The number of carbonyl (C=O) groups is 1. The van der Waals surface area contributed by atoms with E-state index in [0.29, 0.717) is 45.7 Å². The van der Waals surface area contributed by atoms with E-state index >= 15 is 0 Å². The molecule has 2 aliphatic heterocycles. The van der Waals surface area contributed by atoms with Gasteiger partial charge in [-0.05, 0) is 16.7 Å². The number of rotatable bonds is 8. The number of hydrogen-bond acceptors (Lipinski definition) is 5. The Morgan fingerprint density at radius 3 is 2.06 bits per heavy atom. The summed E-state index contributed by atoms with van der Waals surface area (Å²) in [5, 5.41) is 0. The molecular formula is C29H30O5. The summed E-state index contributed by atoms with van der Waals surface area (Å²) in [7, 11) is 0. The van der Waals surface area contributed by atoms with Crippen molar-refractivity contribution in [1.29, 1.82) is 0 Å². The van der Waals surface area contributed by atoms with Crippen molar-refractivity contribution in [3.63, 3.8) is 0 Å². The van der Waals surface area contributed by atoms with E-state index in [2.05, 4.69) is 12.1 Å². The average Bonchev–Trinajstić information content (AvgIpc) is 3.25. The predicted octanol–water partition coefficient (Wildman–Crippen LogP) is 5.18. The minimum absolute atomic E-state index is 0.178. The summed E-state index contributed by atoms with van der Waals surface area (Å²) in [5.41, 5.74) is 1.73. The van der Waals surface area contributed by atoms with Crippen LogP contribution < -0.4 is 0 Å². The lowest BCUT2D eigenvalue weighted by Crippen LogP contribution is -2.58. The minimum atomic E-state index is -0.740. The highest BCUT2D eigenvalue weighted by molar-refractivity contribution is 5.72. The molecule has 176 valence electrons. The molecule has 34 heavy (non-hydrogen) atoms. The highest BCUT2D eigenvalue weighted by Crippen LogP contribution is 2.48. The third kappa shape index (κ3) is 4.92. The van der Waals surface area contributed by atoms with Crippen molar-refractivity contribution < 1.29 is 23.7 Å². The van der Waals surface area contributed by atoms with Crippen LogP contribution in [0.2, 0.25) is 0 Å². The molecule has 2 aliphatic rings. The van der Waals surface area contributed by atoms with Crippen molar-refractivity contribution in [2.24, 2.45) is 0 Å². The summed E-state index contributed by atoms with van der Waals surface area (Å²) in [6, 6.07) is 30.2. The van der Waals surface area contributed by atoms with Crippen LogP contribution in [-0.4, -0.2) is 30.9 Å². The van der Waals surface area contributed by atoms with E-state index in [9.17, 15) is 4.79 Å². The second-order valence-corrected chi connectivity index (χ2v) is 9.15. The lowest BCUT2D eigenvalue weighted by Gasteiger charge is -2.49. The van der Waals surface area contributed by atoms with Crippen LogP contribution in [0.5, 0.6) is 0 Å². The molecule has 3 aromatic rings. The Morgan fingerprint density at radius 1 is 0.824 bits per heavy atom. The Bertz CT molecular complexity index is 1070. The topological polar surface area (TPSA) is 54.0 Å². The molecule has 5 rings (SSSR count). The minimum Gasteiger partial charge on any atom is -0.456 e. The normalized spacial score (nSPS) is 26.5. The Balaban J connectivity index is 1.38. The number of carbonyl (C=O) groups excluding carboxylic acids is 1.